The number of rotatable bonds is 6. The third-order valence-electron chi connectivity index (χ3n) is 5.09. The van der Waals surface area contributed by atoms with E-state index in [0.29, 0.717) is 23.8 Å². The van der Waals surface area contributed by atoms with Crippen LogP contribution in [0.15, 0.2) is 70.0 Å². The van der Waals surface area contributed by atoms with Crippen LogP contribution in [0.2, 0.25) is 0 Å². The van der Waals surface area contributed by atoms with Crippen molar-refractivity contribution < 1.29 is 27.3 Å². The van der Waals surface area contributed by atoms with Crippen molar-refractivity contribution in [2.24, 2.45) is 0 Å². The summed E-state index contributed by atoms with van der Waals surface area (Å²) in [6, 6.07) is 14.9. The molecule has 10 heteroatoms. The van der Waals surface area contributed by atoms with E-state index in [4.69, 9.17) is 9.15 Å². The SMILES string of the molecule is CCOc1ccc(N2C(=O)/C(=C\c3ccc(C)o3)S(=O)(=O)[C@@H]2c2cccc([N+](=O)[O-])c2)cc1. The van der Waals surface area contributed by atoms with Crippen LogP contribution in [0.25, 0.3) is 6.08 Å². The van der Waals surface area contributed by atoms with Gasteiger partial charge in [-0.1, -0.05) is 12.1 Å². The summed E-state index contributed by atoms with van der Waals surface area (Å²) < 4.78 is 38.0. The first kappa shape index (κ1) is 22.3. The number of sulfone groups is 1. The fourth-order valence-corrected chi connectivity index (χ4v) is 5.52. The van der Waals surface area contributed by atoms with E-state index in [1.54, 1.807) is 43.3 Å². The topological polar surface area (TPSA) is 120 Å². The molecule has 0 N–H and O–H groups in total. The van der Waals surface area contributed by atoms with Crippen LogP contribution in [0.1, 0.15) is 29.4 Å². The molecule has 1 atom stereocenters. The molecule has 33 heavy (non-hydrogen) atoms. The molecule has 0 bridgehead atoms. The Balaban J connectivity index is 1.89. The predicted molar refractivity (Wildman–Crippen MR) is 121 cm³/mol. The number of non-ortho nitro benzene ring substituents is 1. The molecule has 2 aromatic carbocycles. The van der Waals surface area contributed by atoms with Crippen LogP contribution < -0.4 is 9.64 Å². The molecule has 4 rings (SSSR count). The molecular formula is C23H20N2O7S. The van der Waals surface area contributed by atoms with E-state index < -0.39 is 30.9 Å². The Hall–Kier alpha value is -3.92. The number of ether oxygens (including phenoxy) is 1. The number of carbonyl (C=O) groups excluding carboxylic acids is 1. The number of anilines is 1. The Morgan fingerprint density at radius 1 is 1.15 bits per heavy atom. The van der Waals surface area contributed by atoms with Crippen LogP contribution in [0.4, 0.5) is 11.4 Å². The lowest BCUT2D eigenvalue weighted by Gasteiger charge is -2.23. The fraction of sp³-hybridized carbons (Fsp3) is 0.174. The maximum Gasteiger partial charge on any atom is 0.271 e. The smallest absolute Gasteiger partial charge is 0.271 e. The van der Waals surface area contributed by atoms with E-state index in [9.17, 15) is 23.3 Å². The third kappa shape index (κ3) is 4.12. The Bertz CT molecular complexity index is 1360. The van der Waals surface area contributed by atoms with Crippen LogP contribution in [0.3, 0.4) is 0 Å². The van der Waals surface area contributed by atoms with Gasteiger partial charge in [0.1, 0.15) is 22.2 Å². The lowest BCUT2D eigenvalue weighted by Crippen LogP contribution is -2.29. The van der Waals surface area contributed by atoms with E-state index in [2.05, 4.69) is 0 Å². The number of furan rings is 1. The summed E-state index contributed by atoms with van der Waals surface area (Å²) in [6.07, 6.45) is 1.18. The first-order chi connectivity index (χ1) is 15.7. The number of hydrogen-bond acceptors (Lipinski definition) is 7. The third-order valence-corrected chi connectivity index (χ3v) is 7.07. The van der Waals surface area contributed by atoms with Crippen molar-refractivity contribution in [3.63, 3.8) is 0 Å². The molecule has 0 spiro atoms. The van der Waals surface area contributed by atoms with Crippen LogP contribution in [0.5, 0.6) is 5.75 Å². The largest absolute Gasteiger partial charge is 0.494 e. The molecule has 1 fully saturated rings. The van der Waals surface area contributed by atoms with Gasteiger partial charge in [-0.25, -0.2) is 8.42 Å². The first-order valence-electron chi connectivity index (χ1n) is 10.0. The second-order valence-corrected chi connectivity index (χ2v) is 9.28. The monoisotopic (exact) mass is 468 g/mol. The first-order valence-corrected chi connectivity index (χ1v) is 11.6. The summed E-state index contributed by atoms with van der Waals surface area (Å²) in [6.45, 7) is 3.98. The summed E-state index contributed by atoms with van der Waals surface area (Å²) in [4.78, 5) is 24.8. The van der Waals surface area contributed by atoms with Gasteiger partial charge in [0.05, 0.1) is 11.5 Å². The molecule has 3 aromatic rings. The van der Waals surface area contributed by atoms with E-state index >= 15 is 0 Å². The Morgan fingerprint density at radius 2 is 1.88 bits per heavy atom. The quantitative estimate of drug-likeness (QED) is 0.299. The van der Waals surface area contributed by atoms with Gasteiger partial charge in [0.15, 0.2) is 5.37 Å². The van der Waals surface area contributed by atoms with Crippen LogP contribution >= 0.6 is 0 Å². The number of nitro benzene ring substituents is 1. The van der Waals surface area contributed by atoms with Crippen molar-refractivity contribution in [1.82, 2.24) is 0 Å². The summed E-state index contributed by atoms with van der Waals surface area (Å²) in [7, 11) is -4.26. The van der Waals surface area contributed by atoms with Crippen LogP contribution in [-0.4, -0.2) is 25.9 Å². The van der Waals surface area contributed by atoms with Crippen LogP contribution in [0, 0.1) is 17.0 Å². The minimum absolute atomic E-state index is 0.102. The lowest BCUT2D eigenvalue weighted by molar-refractivity contribution is -0.384. The molecule has 1 saturated heterocycles. The van der Waals surface area contributed by atoms with Gasteiger partial charge in [-0.3, -0.25) is 19.8 Å². The number of aryl methyl sites for hydroxylation is 1. The zero-order valence-electron chi connectivity index (χ0n) is 17.8. The van der Waals surface area contributed by atoms with E-state index in [1.165, 1.54) is 24.3 Å². The fourth-order valence-electron chi connectivity index (χ4n) is 3.65. The number of benzene rings is 2. The molecule has 2 heterocycles. The summed E-state index contributed by atoms with van der Waals surface area (Å²) in [5.74, 6) is 0.572. The van der Waals surface area contributed by atoms with Gasteiger partial charge in [-0.15, -0.1) is 0 Å². The van der Waals surface area contributed by atoms with Crippen molar-refractivity contribution in [3.05, 3.63) is 92.8 Å². The number of carbonyl (C=O) groups is 1. The minimum Gasteiger partial charge on any atom is -0.494 e. The average Bonchev–Trinajstić information content (AvgIpc) is 3.28. The van der Waals surface area contributed by atoms with Gasteiger partial charge in [0, 0.05) is 23.9 Å². The number of nitro groups is 1. The van der Waals surface area contributed by atoms with Gasteiger partial charge >= 0.3 is 0 Å². The summed E-state index contributed by atoms with van der Waals surface area (Å²) in [5, 5.41) is 9.81. The van der Waals surface area contributed by atoms with Gasteiger partial charge in [0.25, 0.3) is 11.6 Å². The highest BCUT2D eigenvalue weighted by atomic mass is 32.2. The molecule has 170 valence electrons. The molecule has 0 saturated carbocycles. The summed E-state index contributed by atoms with van der Waals surface area (Å²) >= 11 is 0. The number of nitrogens with zero attached hydrogens (tertiary/aromatic N) is 2. The van der Waals surface area contributed by atoms with Crippen molar-refractivity contribution >= 4 is 33.2 Å². The Morgan fingerprint density at radius 3 is 2.48 bits per heavy atom. The van der Waals surface area contributed by atoms with Gasteiger partial charge in [0.2, 0.25) is 9.84 Å². The second-order valence-electron chi connectivity index (χ2n) is 7.31. The lowest BCUT2D eigenvalue weighted by atomic mass is 10.1. The molecule has 0 aliphatic carbocycles. The van der Waals surface area contributed by atoms with E-state index in [1.807, 2.05) is 6.92 Å². The average molecular weight is 468 g/mol. The zero-order valence-corrected chi connectivity index (χ0v) is 18.6. The summed E-state index contributed by atoms with van der Waals surface area (Å²) in [5.41, 5.74) is 0.133. The molecule has 1 amide bonds. The Kier molecular flexibility index (Phi) is 5.77. The van der Waals surface area contributed by atoms with E-state index in [-0.39, 0.29) is 17.0 Å². The molecule has 1 aliphatic heterocycles. The normalized spacial score (nSPS) is 18.6. The highest BCUT2D eigenvalue weighted by molar-refractivity contribution is 7.97. The Labute approximate surface area is 190 Å². The highest BCUT2D eigenvalue weighted by Gasteiger charge is 2.50. The highest BCUT2D eigenvalue weighted by Crippen LogP contribution is 2.44. The van der Waals surface area contributed by atoms with Crippen molar-refractivity contribution in [2.75, 3.05) is 11.5 Å². The standard InChI is InChI=1S/C23H20N2O7S/c1-3-31-19-11-8-17(9-12-19)24-22(26)21(14-20-10-7-15(2)32-20)33(29,30)23(24)16-5-4-6-18(13-16)25(27)28/h4-14,23H,3H2,1-2H3/b21-14+/t23-/m1/s1. The van der Waals surface area contributed by atoms with Crippen molar-refractivity contribution in [1.29, 1.82) is 0 Å². The van der Waals surface area contributed by atoms with E-state index in [0.717, 1.165) is 11.0 Å². The minimum atomic E-state index is -4.26. The molecule has 1 aromatic heterocycles. The van der Waals surface area contributed by atoms with Gasteiger partial charge in [-0.2, -0.15) is 0 Å². The molecule has 0 radical (unpaired) electrons. The number of hydrogen-bond donors (Lipinski definition) is 0. The second kappa shape index (κ2) is 8.55. The van der Waals surface area contributed by atoms with Crippen molar-refractivity contribution in [2.45, 2.75) is 19.2 Å². The van der Waals surface area contributed by atoms with Gasteiger partial charge < -0.3 is 9.15 Å². The number of amides is 1. The maximum absolute atomic E-state index is 13.6. The molecule has 9 nitrogen and oxygen atoms in total. The molecule has 0 unspecified atom stereocenters. The zero-order chi connectivity index (χ0) is 23.8. The molecule has 1 aliphatic rings. The van der Waals surface area contributed by atoms with Crippen molar-refractivity contribution in [3.8, 4) is 5.75 Å². The van der Waals surface area contributed by atoms with Crippen LogP contribution in [-0.2, 0) is 14.6 Å². The molecular weight excluding hydrogens is 448 g/mol. The maximum atomic E-state index is 13.6. The van der Waals surface area contributed by atoms with Gasteiger partial charge in [-0.05, 0) is 55.8 Å². The predicted octanol–water partition coefficient (Wildman–Crippen LogP) is 4.40.